The van der Waals surface area contributed by atoms with Crippen molar-refractivity contribution in [3.63, 3.8) is 0 Å². The standard InChI is InChI=1S/C14H16N2O2S/c17-14(18)11-5-3-6-12-13(11)16(9-15-12)8-10-4-1-2-7-19-10/h3,5-6,9-10H,1-2,4,7-8H2,(H,17,18). The van der Waals surface area contributed by atoms with Crippen LogP contribution in [0.1, 0.15) is 29.6 Å². The van der Waals surface area contributed by atoms with Gasteiger partial charge in [-0.3, -0.25) is 0 Å². The van der Waals surface area contributed by atoms with Crippen LogP contribution in [0.15, 0.2) is 24.5 Å². The van der Waals surface area contributed by atoms with Crippen molar-refractivity contribution >= 4 is 28.8 Å². The summed E-state index contributed by atoms with van der Waals surface area (Å²) in [4.78, 5) is 15.6. The molecule has 1 aliphatic heterocycles. The lowest BCUT2D eigenvalue weighted by Gasteiger charge is -2.22. The molecule has 1 saturated heterocycles. The fourth-order valence-corrected chi connectivity index (χ4v) is 3.91. The largest absolute Gasteiger partial charge is 0.478 e. The van der Waals surface area contributed by atoms with Gasteiger partial charge < -0.3 is 9.67 Å². The minimum Gasteiger partial charge on any atom is -0.478 e. The number of fused-ring (bicyclic) bond motifs is 1. The molecular formula is C14H16N2O2S. The minimum atomic E-state index is -0.886. The number of hydrogen-bond acceptors (Lipinski definition) is 3. The SMILES string of the molecule is O=C(O)c1cccc2ncn(CC3CCCCS3)c12. The van der Waals surface area contributed by atoms with Crippen molar-refractivity contribution in [2.45, 2.75) is 31.1 Å². The molecule has 100 valence electrons. The van der Waals surface area contributed by atoms with Gasteiger partial charge >= 0.3 is 5.97 Å². The normalized spacial score (nSPS) is 19.7. The molecule has 5 heteroatoms. The number of para-hydroxylation sites is 1. The highest BCUT2D eigenvalue weighted by Crippen LogP contribution is 2.28. The van der Waals surface area contributed by atoms with Crippen molar-refractivity contribution in [1.82, 2.24) is 9.55 Å². The molecule has 0 amide bonds. The molecule has 0 bridgehead atoms. The zero-order chi connectivity index (χ0) is 13.2. The van der Waals surface area contributed by atoms with Crippen LogP contribution in [-0.4, -0.2) is 31.6 Å². The highest BCUT2D eigenvalue weighted by molar-refractivity contribution is 7.99. The molecule has 0 aliphatic carbocycles. The van der Waals surface area contributed by atoms with Crippen LogP contribution < -0.4 is 0 Å². The van der Waals surface area contributed by atoms with E-state index in [1.54, 1.807) is 18.5 Å². The van der Waals surface area contributed by atoms with Crippen LogP contribution in [0.4, 0.5) is 0 Å². The number of rotatable bonds is 3. The Morgan fingerprint density at radius 2 is 2.37 bits per heavy atom. The molecule has 2 heterocycles. The quantitative estimate of drug-likeness (QED) is 0.936. The maximum absolute atomic E-state index is 11.3. The maximum atomic E-state index is 11.3. The molecule has 1 aromatic carbocycles. The fourth-order valence-electron chi connectivity index (χ4n) is 2.61. The molecule has 1 aromatic heterocycles. The predicted octanol–water partition coefficient (Wildman–Crippen LogP) is 3.02. The second-order valence-corrected chi connectivity index (χ2v) is 6.27. The summed E-state index contributed by atoms with van der Waals surface area (Å²) in [5, 5.41) is 9.86. The Hall–Kier alpha value is -1.49. The van der Waals surface area contributed by atoms with Crippen LogP contribution in [-0.2, 0) is 6.54 Å². The molecule has 2 aromatic rings. The van der Waals surface area contributed by atoms with Gasteiger partial charge in [-0.2, -0.15) is 11.8 Å². The topological polar surface area (TPSA) is 55.1 Å². The van der Waals surface area contributed by atoms with Crippen LogP contribution in [0, 0.1) is 0 Å². The molecule has 0 spiro atoms. The van der Waals surface area contributed by atoms with E-state index in [0.717, 1.165) is 17.6 Å². The highest BCUT2D eigenvalue weighted by atomic mass is 32.2. The summed E-state index contributed by atoms with van der Waals surface area (Å²) < 4.78 is 2.00. The van der Waals surface area contributed by atoms with Crippen LogP contribution in [0.2, 0.25) is 0 Å². The lowest BCUT2D eigenvalue weighted by molar-refractivity contribution is 0.0698. The number of thioether (sulfide) groups is 1. The van der Waals surface area contributed by atoms with Crippen LogP contribution >= 0.6 is 11.8 Å². The van der Waals surface area contributed by atoms with Gasteiger partial charge in [-0.05, 0) is 30.7 Å². The number of carboxylic acid groups (broad SMARTS) is 1. The van der Waals surface area contributed by atoms with Crippen LogP contribution in [0.5, 0.6) is 0 Å². The van der Waals surface area contributed by atoms with Gasteiger partial charge in [-0.25, -0.2) is 9.78 Å². The Balaban J connectivity index is 1.96. The van der Waals surface area contributed by atoms with Gasteiger partial charge in [0.05, 0.1) is 22.9 Å². The monoisotopic (exact) mass is 276 g/mol. The van der Waals surface area contributed by atoms with Crippen molar-refractivity contribution in [3.05, 3.63) is 30.1 Å². The third-order valence-electron chi connectivity index (χ3n) is 3.54. The zero-order valence-electron chi connectivity index (χ0n) is 10.6. The minimum absolute atomic E-state index is 0.343. The third kappa shape index (κ3) is 2.47. The van der Waals surface area contributed by atoms with Crippen LogP contribution in [0.25, 0.3) is 11.0 Å². The van der Waals surface area contributed by atoms with Crippen molar-refractivity contribution < 1.29 is 9.90 Å². The number of carboxylic acids is 1. The van der Waals surface area contributed by atoms with E-state index in [1.807, 2.05) is 22.4 Å². The maximum Gasteiger partial charge on any atom is 0.337 e. The Bertz CT molecular complexity index is 603. The molecule has 1 fully saturated rings. The van der Waals surface area contributed by atoms with E-state index in [9.17, 15) is 9.90 Å². The molecule has 1 N–H and O–H groups in total. The van der Waals surface area contributed by atoms with Gasteiger partial charge in [0.15, 0.2) is 0 Å². The fraction of sp³-hybridized carbons (Fsp3) is 0.429. The first kappa shape index (κ1) is 12.5. The number of hydrogen-bond donors (Lipinski definition) is 1. The molecule has 3 rings (SSSR count). The molecular weight excluding hydrogens is 260 g/mol. The number of benzene rings is 1. The number of imidazole rings is 1. The van der Waals surface area contributed by atoms with Gasteiger partial charge in [-0.15, -0.1) is 0 Å². The van der Waals surface area contributed by atoms with Gasteiger partial charge in [0.1, 0.15) is 0 Å². The Morgan fingerprint density at radius 3 is 3.11 bits per heavy atom. The lowest BCUT2D eigenvalue weighted by Crippen LogP contribution is -2.17. The third-order valence-corrected chi connectivity index (χ3v) is 4.92. The van der Waals surface area contributed by atoms with Gasteiger partial charge in [-0.1, -0.05) is 12.5 Å². The second kappa shape index (κ2) is 5.25. The highest BCUT2D eigenvalue weighted by Gasteiger charge is 2.18. The van der Waals surface area contributed by atoms with Gasteiger partial charge in [0.25, 0.3) is 0 Å². The van der Waals surface area contributed by atoms with Crippen molar-refractivity contribution in [2.75, 3.05) is 5.75 Å². The summed E-state index contributed by atoms with van der Waals surface area (Å²) in [6.45, 7) is 0.853. The summed E-state index contributed by atoms with van der Waals surface area (Å²) in [6.07, 6.45) is 5.55. The first-order valence-electron chi connectivity index (χ1n) is 6.54. The van der Waals surface area contributed by atoms with E-state index in [0.29, 0.717) is 10.8 Å². The first-order valence-corrected chi connectivity index (χ1v) is 7.59. The van der Waals surface area contributed by atoms with Crippen molar-refractivity contribution in [3.8, 4) is 0 Å². The predicted molar refractivity (Wildman–Crippen MR) is 76.8 cm³/mol. The van der Waals surface area contributed by atoms with Crippen molar-refractivity contribution in [2.24, 2.45) is 0 Å². The average Bonchev–Trinajstić information content (AvgIpc) is 2.83. The number of carbonyl (C=O) groups is 1. The van der Waals surface area contributed by atoms with Crippen molar-refractivity contribution in [1.29, 1.82) is 0 Å². The molecule has 19 heavy (non-hydrogen) atoms. The Labute approximate surface area is 115 Å². The Morgan fingerprint density at radius 1 is 1.47 bits per heavy atom. The summed E-state index contributed by atoms with van der Waals surface area (Å²) in [6, 6.07) is 5.27. The molecule has 0 radical (unpaired) electrons. The second-order valence-electron chi connectivity index (χ2n) is 4.86. The van der Waals surface area contributed by atoms with Crippen LogP contribution in [0.3, 0.4) is 0 Å². The average molecular weight is 276 g/mol. The van der Waals surface area contributed by atoms with E-state index in [1.165, 1.54) is 25.0 Å². The molecule has 1 atom stereocenters. The smallest absolute Gasteiger partial charge is 0.337 e. The zero-order valence-corrected chi connectivity index (χ0v) is 11.4. The molecule has 1 unspecified atom stereocenters. The van der Waals surface area contributed by atoms with E-state index in [4.69, 9.17) is 0 Å². The number of aromatic carboxylic acids is 1. The van der Waals surface area contributed by atoms with E-state index >= 15 is 0 Å². The number of nitrogens with zero attached hydrogens (tertiary/aromatic N) is 2. The van der Waals surface area contributed by atoms with Gasteiger partial charge in [0, 0.05) is 11.8 Å². The van der Waals surface area contributed by atoms with E-state index < -0.39 is 5.97 Å². The van der Waals surface area contributed by atoms with Gasteiger partial charge in [0.2, 0.25) is 0 Å². The summed E-state index contributed by atoms with van der Waals surface area (Å²) in [7, 11) is 0. The first-order chi connectivity index (χ1) is 9.25. The lowest BCUT2D eigenvalue weighted by atomic mass is 10.1. The summed E-state index contributed by atoms with van der Waals surface area (Å²) >= 11 is 1.99. The summed E-state index contributed by atoms with van der Waals surface area (Å²) in [5.74, 6) is 0.326. The molecule has 0 saturated carbocycles. The molecule has 4 nitrogen and oxygen atoms in total. The van der Waals surface area contributed by atoms with E-state index in [-0.39, 0.29) is 0 Å². The number of aromatic nitrogens is 2. The summed E-state index contributed by atoms with van der Waals surface area (Å²) in [5.41, 5.74) is 1.86. The molecule has 1 aliphatic rings. The van der Waals surface area contributed by atoms with E-state index in [2.05, 4.69) is 4.98 Å². The Kier molecular flexibility index (Phi) is 3.46.